The van der Waals surface area contributed by atoms with E-state index in [0.29, 0.717) is 23.5 Å². The Kier molecular flexibility index (Phi) is 2.82. The Labute approximate surface area is 133 Å². The number of furan rings is 1. The molecule has 4 atom stereocenters. The normalized spacial score (nSPS) is 43.2. The van der Waals surface area contributed by atoms with Crippen LogP contribution in [0.25, 0.3) is 0 Å². The number of Topliss-reactive ketones (excluding diaryl/α,β-unsaturated/α-hetero) is 1. The lowest BCUT2D eigenvalue weighted by Gasteiger charge is -2.63. The Morgan fingerprint density at radius 1 is 1.09 bits per heavy atom. The van der Waals surface area contributed by atoms with E-state index in [-0.39, 0.29) is 10.8 Å². The zero-order chi connectivity index (χ0) is 15.8. The smallest absolute Gasteiger partial charge is 0.166 e. The van der Waals surface area contributed by atoms with Crippen LogP contribution in [0.15, 0.2) is 16.7 Å². The van der Waals surface area contributed by atoms with Crippen LogP contribution in [0.4, 0.5) is 0 Å². The van der Waals surface area contributed by atoms with E-state index in [1.165, 1.54) is 25.7 Å². The van der Waals surface area contributed by atoms with E-state index < -0.39 is 0 Å². The maximum atomic E-state index is 12.7. The zero-order valence-electron chi connectivity index (χ0n) is 14.4. The molecule has 3 aliphatic rings. The molecule has 0 aromatic carbocycles. The number of carbonyl (C=O) groups is 1. The monoisotopic (exact) mass is 300 g/mol. The van der Waals surface area contributed by atoms with Crippen molar-refractivity contribution in [3.8, 4) is 0 Å². The first kappa shape index (κ1) is 14.5. The molecule has 1 aromatic rings. The molecular weight excluding hydrogens is 272 g/mol. The number of hydrogen-bond acceptors (Lipinski definition) is 2. The van der Waals surface area contributed by atoms with E-state index in [9.17, 15) is 4.79 Å². The van der Waals surface area contributed by atoms with Crippen molar-refractivity contribution in [3.05, 3.63) is 23.7 Å². The first-order valence-electron chi connectivity index (χ1n) is 8.90. The Hall–Kier alpha value is -1.05. The van der Waals surface area contributed by atoms with E-state index in [1.807, 2.05) is 6.07 Å². The van der Waals surface area contributed by atoms with Gasteiger partial charge in [-0.3, -0.25) is 4.79 Å². The molecule has 0 radical (unpaired) electrons. The molecule has 3 aliphatic carbocycles. The van der Waals surface area contributed by atoms with Gasteiger partial charge in [0.1, 0.15) is 5.76 Å². The molecule has 0 unspecified atom stereocenters. The van der Waals surface area contributed by atoms with Gasteiger partial charge in [-0.05, 0) is 54.4 Å². The molecule has 120 valence electrons. The zero-order valence-corrected chi connectivity index (χ0v) is 14.4. The Morgan fingerprint density at radius 2 is 1.86 bits per heavy atom. The lowest BCUT2D eigenvalue weighted by Crippen LogP contribution is -2.58. The summed E-state index contributed by atoms with van der Waals surface area (Å²) >= 11 is 0. The second kappa shape index (κ2) is 4.27. The molecule has 1 aromatic heterocycles. The van der Waals surface area contributed by atoms with Crippen LogP contribution in [0.5, 0.6) is 0 Å². The van der Waals surface area contributed by atoms with Crippen LogP contribution in [-0.4, -0.2) is 5.78 Å². The fraction of sp³-hybridized carbons (Fsp3) is 0.750. The van der Waals surface area contributed by atoms with Crippen molar-refractivity contribution in [1.82, 2.24) is 0 Å². The largest absolute Gasteiger partial charge is 0.468 e. The average Bonchev–Trinajstić information content (AvgIpc) is 2.91. The molecule has 0 amide bonds. The van der Waals surface area contributed by atoms with Crippen LogP contribution in [-0.2, 0) is 5.41 Å². The molecule has 2 saturated carbocycles. The van der Waals surface area contributed by atoms with Gasteiger partial charge in [0.2, 0.25) is 0 Å². The molecule has 0 saturated heterocycles. The van der Waals surface area contributed by atoms with Crippen LogP contribution < -0.4 is 0 Å². The van der Waals surface area contributed by atoms with E-state index in [4.69, 9.17) is 4.42 Å². The van der Waals surface area contributed by atoms with Crippen molar-refractivity contribution in [2.75, 3.05) is 0 Å². The summed E-state index contributed by atoms with van der Waals surface area (Å²) in [5.74, 6) is 2.45. The van der Waals surface area contributed by atoms with Crippen LogP contribution >= 0.6 is 0 Å². The van der Waals surface area contributed by atoms with Crippen LogP contribution in [0.1, 0.15) is 82.3 Å². The average molecular weight is 300 g/mol. The maximum Gasteiger partial charge on any atom is 0.166 e. The summed E-state index contributed by atoms with van der Waals surface area (Å²) in [6, 6.07) is 1.89. The molecule has 2 fully saturated rings. The van der Waals surface area contributed by atoms with Gasteiger partial charge in [0.15, 0.2) is 5.78 Å². The third-order valence-corrected chi connectivity index (χ3v) is 7.67. The van der Waals surface area contributed by atoms with Crippen molar-refractivity contribution in [3.63, 3.8) is 0 Å². The summed E-state index contributed by atoms with van der Waals surface area (Å²) < 4.78 is 5.85. The van der Waals surface area contributed by atoms with Crippen molar-refractivity contribution in [2.45, 2.75) is 71.6 Å². The summed E-state index contributed by atoms with van der Waals surface area (Å²) in [4.78, 5) is 12.7. The van der Waals surface area contributed by atoms with Gasteiger partial charge < -0.3 is 4.42 Å². The summed E-state index contributed by atoms with van der Waals surface area (Å²) in [6.45, 7) is 9.72. The molecule has 1 heterocycles. The minimum absolute atomic E-state index is 0.0470. The number of fused-ring (bicyclic) bond motifs is 5. The SMILES string of the molecule is CC1(C)CCC[C@@]2(C)[C@@H]1CC[C@@]1(C)c3occc3C(=O)C[C@@H]21. The summed E-state index contributed by atoms with van der Waals surface area (Å²) in [5.41, 5.74) is 1.58. The van der Waals surface area contributed by atoms with Crippen LogP contribution in [0, 0.1) is 22.7 Å². The maximum absolute atomic E-state index is 12.7. The Bertz CT molecular complexity index is 625. The van der Waals surface area contributed by atoms with E-state index >= 15 is 0 Å². The highest BCUT2D eigenvalue weighted by atomic mass is 16.3. The van der Waals surface area contributed by atoms with Gasteiger partial charge in [0, 0.05) is 11.8 Å². The molecule has 2 heteroatoms. The minimum atomic E-state index is 0.0470. The lowest BCUT2D eigenvalue weighted by molar-refractivity contribution is -0.110. The number of rotatable bonds is 0. The predicted octanol–water partition coefficient (Wildman–Crippen LogP) is 5.37. The third kappa shape index (κ3) is 1.64. The standard InChI is InChI=1S/C20H28O2/c1-18(2)8-5-9-19(3)15(18)6-10-20(4)16(19)12-14(21)13-7-11-22-17(13)20/h7,11,15-16H,5-6,8-10,12H2,1-4H3/t15-,16+,19+,20-/m1/s1. The molecule has 22 heavy (non-hydrogen) atoms. The highest BCUT2D eigenvalue weighted by Crippen LogP contribution is 2.66. The second-order valence-electron chi connectivity index (χ2n) is 9.20. The number of hydrogen-bond donors (Lipinski definition) is 0. The first-order valence-corrected chi connectivity index (χ1v) is 8.90. The van der Waals surface area contributed by atoms with Gasteiger partial charge in [-0.15, -0.1) is 0 Å². The molecular formula is C20H28O2. The third-order valence-electron chi connectivity index (χ3n) is 7.67. The Morgan fingerprint density at radius 3 is 2.64 bits per heavy atom. The fourth-order valence-corrected chi connectivity index (χ4v) is 6.65. The molecule has 0 N–H and O–H groups in total. The highest BCUT2D eigenvalue weighted by molar-refractivity contribution is 5.98. The van der Waals surface area contributed by atoms with Gasteiger partial charge in [0.05, 0.1) is 11.8 Å². The predicted molar refractivity (Wildman–Crippen MR) is 87.0 cm³/mol. The summed E-state index contributed by atoms with van der Waals surface area (Å²) in [5, 5.41) is 0. The summed E-state index contributed by atoms with van der Waals surface area (Å²) in [6.07, 6.45) is 8.76. The van der Waals surface area contributed by atoms with Gasteiger partial charge in [0.25, 0.3) is 0 Å². The van der Waals surface area contributed by atoms with E-state index in [1.54, 1.807) is 6.26 Å². The minimum Gasteiger partial charge on any atom is -0.468 e. The topological polar surface area (TPSA) is 30.2 Å². The number of ketones is 1. The lowest BCUT2D eigenvalue weighted by atomic mass is 9.41. The van der Waals surface area contributed by atoms with Gasteiger partial charge in [-0.2, -0.15) is 0 Å². The van der Waals surface area contributed by atoms with Crippen molar-refractivity contribution >= 4 is 5.78 Å². The molecule has 0 spiro atoms. The second-order valence-corrected chi connectivity index (χ2v) is 9.20. The molecule has 4 rings (SSSR count). The van der Waals surface area contributed by atoms with Gasteiger partial charge >= 0.3 is 0 Å². The number of carbonyl (C=O) groups excluding carboxylic acids is 1. The van der Waals surface area contributed by atoms with Crippen LogP contribution in [0.3, 0.4) is 0 Å². The van der Waals surface area contributed by atoms with Crippen LogP contribution in [0.2, 0.25) is 0 Å². The highest BCUT2D eigenvalue weighted by Gasteiger charge is 2.61. The quantitative estimate of drug-likeness (QED) is 0.645. The van der Waals surface area contributed by atoms with Gasteiger partial charge in [-0.25, -0.2) is 0 Å². The Balaban J connectivity index is 1.84. The molecule has 0 bridgehead atoms. The van der Waals surface area contributed by atoms with E-state index in [2.05, 4.69) is 27.7 Å². The van der Waals surface area contributed by atoms with Crippen molar-refractivity contribution < 1.29 is 9.21 Å². The fourth-order valence-electron chi connectivity index (χ4n) is 6.65. The van der Waals surface area contributed by atoms with E-state index in [0.717, 1.165) is 23.7 Å². The first-order chi connectivity index (χ1) is 10.3. The van der Waals surface area contributed by atoms with Crippen molar-refractivity contribution in [2.24, 2.45) is 22.7 Å². The molecule has 2 nitrogen and oxygen atoms in total. The molecule has 0 aliphatic heterocycles. The summed E-state index contributed by atoms with van der Waals surface area (Å²) in [7, 11) is 0. The van der Waals surface area contributed by atoms with Crippen molar-refractivity contribution in [1.29, 1.82) is 0 Å². The van der Waals surface area contributed by atoms with Gasteiger partial charge in [-0.1, -0.05) is 34.1 Å².